The van der Waals surface area contributed by atoms with Crippen molar-refractivity contribution in [1.29, 1.82) is 0 Å². The van der Waals surface area contributed by atoms with Crippen molar-refractivity contribution in [2.24, 2.45) is 0 Å². The average molecular weight is 288 g/mol. The zero-order chi connectivity index (χ0) is 10.1. The minimum absolute atomic E-state index is 0.102. The highest BCUT2D eigenvalue weighted by molar-refractivity contribution is 9.10. The molecular weight excluding hydrogens is 279 g/mol. The van der Waals surface area contributed by atoms with Crippen LogP contribution in [0.1, 0.15) is 11.3 Å². The Morgan fingerprint density at radius 1 is 1.62 bits per heavy atom. The first-order chi connectivity index (χ1) is 5.88. The van der Waals surface area contributed by atoms with Gasteiger partial charge in [0.15, 0.2) is 4.67 Å². The highest BCUT2D eigenvalue weighted by atomic mass is 79.9. The van der Waals surface area contributed by atoms with Crippen LogP contribution in [0.4, 0.5) is 0 Å². The fourth-order valence-electron chi connectivity index (χ4n) is 0.941. The Morgan fingerprint density at radius 2 is 2.23 bits per heavy atom. The van der Waals surface area contributed by atoms with Gasteiger partial charge in [0.1, 0.15) is 5.76 Å². The largest absolute Gasteiger partial charge is 0.454 e. The van der Waals surface area contributed by atoms with Crippen LogP contribution in [0.3, 0.4) is 0 Å². The summed E-state index contributed by atoms with van der Waals surface area (Å²) in [6.07, 6.45) is 0.309. The van der Waals surface area contributed by atoms with Crippen molar-refractivity contribution in [2.75, 3.05) is 5.75 Å². The first-order valence-electron chi connectivity index (χ1n) is 3.55. The summed E-state index contributed by atoms with van der Waals surface area (Å²) in [5, 5.41) is 0. The molecule has 0 saturated heterocycles. The van der Waals surface area contributed by atoms with Crippen LogP contribution in [-0.2, 0) is 15.5 Å². The highest BCUT2D eigenvalue weighted by Gasteiger charge is 2.10. The van der Waals surface area contributed by atoms with E-state index in [1.165, 1.54) is 0 Å². The van der Waals surface area contributed by atoms with Crippen molar-refractivity contribution in [3.8, 4) is 0 Å². The molecule has 0 aliphatic heterocycles. The lowest BCUT2D eigenvalue weighted by Gasteiger charge is -1.95. The molecule has 0 amide bonds. The third-order valence-electron chi connectivity index (χ3n) is 1.56. The molecule has 0 atom stereocenters. The van der Waals surface area contributed by atoms with Crippen LogP contribution in [0.25, 0.3) is 0 Å². The number of hydrogen-bond acceptors (Lipinski definition) is 3. The van der Waals surface area contributed by atoms with E-state index in [0.717, 1.165) is 5.56 Å². The van der Waals surface area contributed by atoms with Gasteiger partial charge in [-0.05, 0) is 34.5 Å². The molecule has 0 aliphatic carbocycles. The molecule has 0 aromatic carbocycles. The molecule has 1 aromatic heterocycles. The maximum atomic E-state index is 10.6. The van der Waals surface area contributed by atoms with Crippen molar-refractivity contribution >= 4 is 35.7 Å². The van der Waals surface area contributed by atoms with Gasteiger partial charge in [-0.3, -0.25) is 0 Å². The first kappa shape index (κ1) is 11.1. The van der Waals surface area contributed by atoms with Gasteiger partial charge < -0.3 is 4.42 Å². The van der Waals surface area contributed by atoms with Crippen molar-refractivity contribution in [1.82, 2.24) is 0 Å². The van der Waals surface area contributed by atoms with Crippen molar-refractivity contribution in [2.45, 2.75) is 13.3 Å². The zero-order valence-corrected chi connectivity index (χ0v) is 10.0. The molecule has 0 bridgehead atoms. The summed E-state index contributed by atoms with van der Waals surface area (Å²) in [7, 11) is 1.63. The van der Waals surface area contributed by atoms with E-state index < -0.39 is 9.05 Å². The minimum atomic E-state index is -3.43. The molecular formula is C7H8BrClO3S. The summed E-state index contributed by atoms with van der Waals surface area (Å²) >= 11 is 3.15. The Morgan fingerprint density at radius 3 is 2.62 bits per heavy atom. The Kier molecular flexibility index (Phi) is 3.43. The molecule has 0 spiro atoms. The zero-order valence-electron chi connectivity index (χ0n) is 6.88. The van der Waals surface area contributed by atoms with Gasteiger partial charge in [0.05, 0.1) is 5.75 Å². The van der Waals surface area contributed by atoms with Crippen LogP contribution in [0.5, 0.6) is 0 Å². The fourth-order valence-corrected chi connectivity index (χ4v) is 2.14. The molecule has 0 N–H and O–H groups in total. The smallest absolute Gasteiger partial charge is 0.233 e. The lowest BCUT2D eigenvalue weighted by atomic mass is 10.2. The Hall–Kier alpha value is -0.000000000000000111. The summed E-state index contributed by atoms with van der Waals surface area (Å²) in [6, 6.07) is 1.79. The van der Waals surface area contributed by atoms with Crippen molar-refractivity contribution < 1.29 is 12.8 Å². The SMILES string of the molecule is Cc1cc(Br)oc1CCS(=O)(=O)Cl. The predicted molar refractivity (Wildman–Crippen MR) is 54.5 cm³/mol. The summed E-state index contributed by atoms with van der Waals surface area (Å²) in [5.41, 5.74) is 0.923. The first-order valence-corrected chi connectivity index (χ1v) is 6.83. The molecule has 1 rings (SSSR count). The molecule has 0 radical (unpaired) electrons. The second-order valence-electron chi connectivity index (χ2n) is 2.65. The molecule has 0 unspecified atom stereocenters. The van der Waals surface area contributed by atoms with Gasteiger partial charge in [0, 0.05) is 17.1 Å². The van der Waals surface area contributed by atoms with Crippen LogP contribution in [0.2, 0.25) is 0 Å². The third kappa shape index (κ3) is 3.70. The van der Waals surface area contributed by atoms with Gasteiger partial charge in [-0.1, -0.05) is 0 Å². The van der Waals surface area contributed by atoms with Crippen LogP contribution < -0.4 is 0 Å². The number of halogens is 2. The second kappa shape index (κ2) is 4.02. The lowest BCUT2D eigenvalue weighted by Crippen LogP contribution is -2.00. The Labute approximate surface area is 89.6 Å². The van der Waals surface area contributed by atoms with E-state index in [1.807, 2.05) is 6.92 Å². The maximum Gasteiger partial charge on any atom is 0.233 e. The van der Waals surface area contributed by atoms with Crippen LogP contribution in [0, 0.1) is 6.92 Å². The normalized spacial score (nSPS) is 11.9. The van der Waals surface area contributed by atoms with Crippen LogP contribution >= 0.6 is 26.6 Å². The van der Waals surface area contributed by atoms with Gasteiger partial charge in [0.2, 0.25) is 9.05 Å². The van der Waals surface area contributed by atoms with E-state index in [1.54, 1.807) is 6.07 Å². The summed E-state index contributed by atoms with van der Waals surface area (Å²) in [5.74, 6) is 0.547. The van der Waals surface area contributed by atoms with E-state index in [0.29, 0.717) is 16.9 Å². The molecule has 13 heavy (non-hydrogen) atoms. The van der Waals surface area contributed by atoms with Gasteiger partial charge in [-0.15, -0.1) is 0 Å². The van der Waals surface area contributed by atoms with E-state index in [4.69, 9.17) is 15.1 Å². The molecule has 3 nitrogen and oxygen atoms in total. The highest BCUT2D eigenvalue weighted by Crippen LogP contribution is 2.20. The number of rotatable bonds is 3. The van der Waals surface area contributed by atoms with E-state index in [9.17, 15) is 8.42 Å². The lowest BCUT2D eigenvalue weighted by molar-refractivity contribution is 0.490. The molecule has 0 aliphatic rings. The summed E-state index contributed by atoms with van der Waals surface area (Å²) < 4.78 is 27.1. The van der Waals surface area contributed by atoms with Crippen LogP contribution in [-0.4, -0.2) is 14.2 Å². The summed E-state index contributed by atoms with van der Waals surface area (Å²) in [6.45, 7) is 1.85. The molecule has 74 valence electrons. The summed E-state index contributed by atoms with van der Waals surface area (Å²) in [4.78, 5) is 0. The van der Waals surface area contributed by atoms with Gasteiger partial charge in [0.25, 0.3) is 0 Å². The van der Waals surface area contributed by atoms with Crippen LogP contribution in [0.15, 0.2) is 15.2 Å². The van der Waals surface area contributed by atoms with Gasteiger partial charge in [-0.2, -0.15) is 0 Å². The second-order valence-corrected chi connectivity index (χ2v) is 6.33. The van der Waals surface area contributed by atoms with Gasteiger partial charge >= 0.3 is 0 Å². The number of furan rings is 1. The average Bonchev–Trinajstić information content (AvgIpc) is 2.24. The quantitative estimate of drug-likeness (QED) is 0.802. The van der Waals surface area contributed by atoms with Crippen molar-refractivity contribution in [3.63, 3.8) is 0 Å². The fraction of sp³-hybridized carbons (Fsp3) is 0.429. The molecule has 6 heteroatoms. The van der Waals surface area contributed by atoms with E-state index in [-0.39, 0.29) is 5.75 Å². The van der Waals surface area contributed by atoms with Crippen molar-refractivity contribution in [3.05, 3.63) is 22.1 Å². The number of hydrogen-bond donors (Lipinski definition) is 0. The van der Waals surface area contributed by atoms with Gasteiger partial charge in [-0.25, -0.2) is 8.42 Å². The topological polar surface area (TPSA) is 47.3 Å². The maximum absolute atomic E-state index is 10.6. The predicted octanol–water partition coefficient (Wildman–Crippen LogP) is 2.46. The monoisotopic (exact) mass is 286 g/mol. The Balaban J connectivity index is 2.70. The van der Waals surface area contributed by atoms with E-state index in [2.05, 4.69) is 15.9 Å². The molecule has 0 fully saturated rings. The number of aryl methyl sites for hydroxylation is 2. The molecule has 1 heterocycles. The van der Waals surface area contributed by atoms with E-state index >= 15 is 0 Å². The Bertz CT molecular complexity index is 396. The minimum Gasteiger partial charge on any atom is -0.454 e. The third-order valence-corrected chi connectivity index (χ3v) is 3.11. The molecule has 0 saturated carbocycles. The standard InChI is InChI=1S/C7H8BrClO3S/c1-5-4-7(8)12-6(5)2-3-13(9,10)11/h4H,2-3H2,1H3. The molecule has 1 aromatic rings.